The van der Waals surface area contributed by atoms with Gasteiger partial charge in [-0.25, -0.2) is 0 Å². The van der Waals surface area contributed by atoms with Gasteiger partial charge in [-0.05, 0) is 66.0 Å². The maximum Gasteiger partial charge on any atom is 0.224 e. The van der Waals surface area contributed by atoms with Gasteiger partial charge in [-0.3, -0.25) is 4.79 Å². The van der Waals surface area contributed by atoms with Crippen molar-refractivity contribution in [3.63, 3.8) is 0 Å². The van der Waals surface area contributed by atoms with E-state index < -0.39 is 0 Å². The van der Waals surface area contributed by atoms with Gasteiger partial charge in [-0.2, -0.15) is 0 Å². The minimum absolute atomic E-state index is 0.0870. The second-order valence-electron chi connectivity index (χ2n) is 8.20. The molecule has 0 saturated carbocycles. The summed E-state index contributed by atoms with van der Waals surface area (Å²) in [7, 11) is 0. The van der Waals surface area contributed by atoms with E-state index >= 15 is 0 Å². The van der Waals surface area contributed by atoms with Crippen LogP contribution in [-0.2, 0) is 4.79 Å². The van der Waals surface area contributed by atoms with Crippen LogP contribution >= 0.6 is 11.8 Å². The van der Waals surface area contributed by atoms with Crippen LogP contribution in [-0.4, -0.2) is 12.2 Å². The first-order chi connectivity index (χ1) is 13.5. The largest absolute Gasteiger partial charge is 0.378 e. The van der Waals surface area contributed by atoms with Crippen molar-refractivity contribution < 1.29 is 4.79 Å². The molecule has 4 rings (SSSR count). The number of fused-ring (bicyclic) bond motifs is 3. The summed E-state index contributed by atoms with van der Waals surface area (Å²) in [4.78, 5) is 13.5. The number of thioether (sulfide) groups is 1. The number of carbonyl (C=O) groups excluding carboxylic acids is 1. The van der Waals surface area contributed by atoms with Crippen molar-refractivity contribution in [1.82, 2.24) is 0 Å². The Kier molecular flexibility index (Phi) is 5.49. The van der Waals surface area contributed by atoms with E-state index in [2.05, 4.69) is 79.3 Å². The van der Waals surface area contributed by atoms with Crippen molar-refractivity contribution in [1.29, 1.82) is 0 Å². The molecule has 0 spiro atoms. The fourth-order valence-corrected chi connectivity index (χ4v) is 4.80. The van der Waals surface area contributed by atoms with Crippen LogP contribution in [0.15, 0.2) is 59.5 Å². The molecule has 0 saturated heterocycles. The first-order valence-electron chi connectivity index (χ1n) is 10.1. The lowest BCUT2D eigenvalue weighted by molar-refractivity contribution is -0.116. The molecule has 2 N–H and O–H groups in total. The van der Waals surface area contributed by atoms with Crippen LogP contribution in [0.3, 0.4) is 0 Å². The maximum absolute atomic E-state index is 12.2. The number of hydrogen-bond donors (Lipinski definition) is 2. The average Bonchev–Trinajstić information content (AvgIpc) is 3.17. The first kappa shape index (κ1) is 19.1. The molecule has 1 aliphatic carbocycles. The number of rotatable bonds is 5. The van der Waals surface area contributed by atoms with Crippen molar-refractivity contribution in [2.45, 2.75) is 43.5 Å². The van der Waals surface area contributed by atoms with Crippen molar-refractivity contribution in [3.05, 3.63) is 65.7 Å². The Hall–Kier alpha value is -2.20. The van der Waals surface area contributed by atoms with Crippen molar-refractivity contribution in [3.8, 4) is 0 Å². The van der Waals surface area contributed by atoms with Gasteiger partial charge in [0.15, 0.2) is 0 Å². The summed E-state index contributed by atoms with van der Waals surface area (Å²) >= 11 is 1.77. The molecule has 0 fully saturated rings. The zero-order valence-corrected chi connectivity index (χ0v) is 17.6. The molecule has 3 unspecified atom stereocenters. The highest BCUT2D eigenvalue weighted by atomic mass is 32.2. The van der Waals surface area contributed by atoms with Gasteiger partial charge >= 0.3 is 0 Å². The molecule has 0 radical (unpaired) electrons. The van der Waals surface area contributed by atoms with E-state index in [1.165, 1.54) is 21.7 Å². The zero-order chi connectivity index (χ0) is 19.7. The van der Waals surface area contributed by atoms with E-state index in [1.54, 1.807) is 11.8 Å². The average molecular weight is 393 g/mol. The van der Waals surface area contributed by atoms with E-state index in [0.29, 0.717) is 30.2 Å². The van der Waals surface area contributed by atoms with Crippen LogP contribution in [0.25, 0.3) is 0 Å². The van der Waals surface area contributed by atoms with Gasteiger partial charge in [-0.15, -0.1) is 11.8 Å². The third-order valence-electron chi connectivity index (χ3n) is 5.72. The smallest absolute Gasteiger partial charge is 0.224 e. The van der Waals surface area contributed by atoms with Crippen molar-refractivity contribution >= 4 is 29.0 Å². The molecule has 1 heterocycles. The van der Waals surface area contributed by atoms with Gasteiger partial charge in [0.1, 0.15) is 0 Å². The van der Waals surface area contributed by atoms with Gasteiger partial charge < -0.3 is 10.6 Å². The number of amides is 1. The monoisotopic (exact) mass is 392 g/mol. The van der Waals surface area contributed by atoms with Crippen LogP contribution in [0.4, 0.5) is 11.4 Å². The van der Waals surface area contributed by atoms with Gasteiger partial charge in [0.25, 0.3) is 0 Å². The fourth-order valence-electron chi connectivity index (χ4n) is 4.40. The van der Waals surface area contributed by atoms with Gasteiger partial charge in [0, 0.05) is 28.6 Å². The number of benzene rings is 2. The summed E-state index contributed by atoms with van der Waals surface area (Å²) in [5, 5.41) is 6.84. The Morgan fingerprint density at radius 1 is 1.21 bits per heavy atom. The lowest BCUT2D eigenvalue weighted by atomic mass is 9.77. The van der Waals surface area contributed by atoms with Crippen LogP contribution in [0.2, 0.25) is 0 Å². The summed E-state index contributed by atoms with van der Waals surface area (Å²) in [6.07, 6.45) is 8.39. The van der Waals surface area contributed by atoms with E-state index in [9.17, 15) is 4.79 Å². The minimum Gasteiger partial charge on any atom is -0.378 e. The SMILES string of the molecule is CSc1ccc(C2Nc3ccc(NC(=O)CC(C)C)cc3C3C=CCC32)cc1. The molecule has 28 heavy (non-hydrogen) atoms. The molecular formula is C24H28N2OS. The number of carbonyl (C=O) groups is 1. The second kappa shape index (κ2) is 8.04. The van der Waals surface area contributed by atoms with Gasteiger partial charge in [0.2, 0.25) is 5.91 Å². The molecular weight excluding hydrogens is 364 g/mol. The standard InChI is InChI=1S/C24H28N2OS/c1-15(2)13-23(27)25-17-9-12-22-21(14-17)19-5-4-6-20(19)24(26-22)16-7-10-18(28-3)11-8-16/h4-5,7-12,14-15,19-20,24,26H,6,13H2,1-3H3,(H,25,27). The predicted octanol–water partition coefficient (Wildman–Crippen LogP) is 6.22. The molecule has 2 aromatic rings. The van der Waals surface area contributed by atoms with Crippen LogP contribution in [0.1, 0.15) is 49.8 Å². The van der Waals surface area contributed by atoms with Crippen molar-refractivity contribution in [2.24, 2.45) is 11.8 Å². The van der Waals surface area contributed by atoms with Crippen LogP contribution in [0.5, 0.6) is 0 Å². The summed E-state index contributed by atoms with van der Waals surface area (Å²) in [6.45, 7) is 4.13. The Morgan fingerprint density at radius 3 is 2.71 bits per heavy atom. The predicted molar refractivity (Wildman–Crippen MR) is 119 cm³/mol. The number of allylic oxidation sites excluding steroid dienone is 2. The topological polar surface area (TPSA) is 41.1 Å². The number of anilines is 2. The van der Waals surface area contributed by atoms with E-state index in [4.69, 9.17) is 0 Å². The number of hydrogen-bond acceptors (Lipinski definition) is 3. The van der Waals surface area contributed by atoms with Crippen molar-refractivity contribution in [2.75, 3.05) is 16.9 Å². The number of nitrogens with one attached hydrogen (secondary N) is 2. The Balaban J connectivity index is 1.60. The maximum atomic E-state index is 12.2. The van der Waals surface area contributed by atoms with E-state index in [-0.39, 0.29) is 5.91 Å². The normalized spacial score (nSPS) is 22.5. The van der Waals surface area contributed by atoms with Crippen LogP contribution < -0.4 is 10.6 Å². The molecule has 3 nitrogen and oxygen atoms in total. The molecule has 1 amide bonds. The Morgan fingerprint density at radius 2 is 2.00 bits per heavy atom. The third kappa shape index (κ3) is 3.83. The lowest BCUT2D eigenvalue weighted by Crippen LogP contribution is -2.29. The third-order valence-corrected chi connectivity index (χ3v) is 6.46. The minimum atomic E-state index is 0.0870. The highest BCUT2D eigenvalue weighted by Crippen LogP contribution is 2.50. The summed E-state index contributed by atoms with van der Waals surface area (Å²) in [6, 6.07) is 15.5. The molecule has 1 aliphatic heterocycles. The molecule has 3 atom stereocenters. The molecule has 2 aliphatic rings. The van der Waals surface area contributed by atoms with Crippen LogP contribution in [0, 0.1) is 11.8 Å². The molecule has 146 valence electrons. The van der Waals surface area contributed by atoms with Gasteiger partial charge in [-0.1, -0.05) is 38.1 Å². The lowest BCUT2D eigenvalue weighted by Gasteiger charge is -2.37. The van der Waals surface area contributed by atoms with E-state index in [1.807, 2.05) is 6.07 Å². The van der Waals surface area contributed by atoms with Gasteiger partial charge in [0.05, 0.1) is 6.04 Å². The highest BCUT2D eigenvalue weighted by Gasteiger charge is 2.37. The summed E-state index contributed by atoms with van der Waals surface area (Å²) in [5.41, 5.74) is 4.70. The molecule has 0 bridgehead atoms. The Bertz CT molecular complexity index is 888. The second-order valence-corrected chi connectivity index (χ2v) is 9.08. The quantitative estimate of drug-likeness (QED) is 0.469. The molecule has 4 heteroatoms. The van der Waals surface area contributed by atoms with E-state index in [0.717, 1.165) is 12.1 Å². The molecule has 2 aromatic carbocycles. The first-order valence-corrected chi connectivity index (χ1v) is 11.3. The summed E-state index contributed by atoms with van der Waals surface area (Å²) < 4.78 is 0. The Labute approximate surface area is 172 Å². The summed E-state index contributed by atoms with van der Waals surface area (Å²) in [5.74, 6) is 1.35. The fraction of sp³-hybridized carbons (Fsp3) is 0.375. The molecule has 0 aromatic heterocycles. The highest BCUT2D eigenvalue weighted by molar-refractivity contribution is 7.98. The zero-order valence-electron chi connectivity index (χ0n) is 16.7.